The Hall–Kier alpha value is -1.06. The summed E-state index contributed by atoms with van der Waals surface area (Å²) in [5, 5.41) is 2.39. The van der Waals surface area contributed by atoms with E-state index in [2.05, 4.69) is 10.1 Å². The van der Waals surface area contributed by atoms with E-state index in [1.807, 2.05) is 5.92 Å². The third kappa shape index (κ3) is 6.46. The van der Waals surface area contributed by atoms with Crippen molar-refractivity contribution in [2.45, 2.75) is 0 Å². The van der Waals surface area contributed by atoms with Gasteiger partial charge in [0.2, 0.25) is 5.91 Å². The predicted molar refractivity (Wildman–Crippen MR) is 52.4 cm³/mol. The predicted octanol–water partition coefficient (Wildman–Crippen LogP) is -1.20. The first kappa shape index (κ1) is 12.9. The lowest BCUT2D eigenvalue weighted by Gasteiger charge is -2.03. The molecule has 0 rings (SSSR count). The molecule has 80 valence electrons. The first-order valence-corrected chi connectivity index (χ1v) is 5.73. The van der Waals surface area contributed by atoms with Gasteiger partial charge in [-0.2, -0.15) is 0 Å². The minimum Gasteiger partial charge on any atom is -0.383 e. The summed E-state index contributed by atoms with van der Waals surface area (Å²) in [6, 6.07) is 0. The van der Waals surface area contributed by atoms with Crippen molar-refractivity contribution in [3.05, 3.63) is 0 Å². The highest BCUT2D eigenvalue weighted by Crippen LogP contribution is 1.88. The molecule has 0 aromatic carbocycles. The summed E-state index contributed by atoms with van der Waals surface area (Å²) in [5.74, 6) is 0.449. The van der Waals surface area contributed by atoms with Gasteiger partial charge in [0.25, 0.3) is 0 Å². The molecule has 0 radical (unpaired) electrons. The molecule has 0 bridgehead atoms. The number of nitrogens with one attached hydrogen (secondary N) is 1. The van der Waals surface area contributed by atoms with Crippen molar-refractivity contribution in [3.63, 3.8) is 0 Å². The summed E-state index contributed by atoms with van der Waals surface area (Å²) in [7, 11) is -1.97. The number of hydrogen-bond donors (Lipinski definition) is 1. The minimum absolute atomic E-state index is 0.293. The van der Waals surface area contributed by atoms with Crippen molar-refractivity contribution in [3.8, 4) is 12.3 Å². The van der Waals surface area contributed by atoms with Crippen molar-refractivity contribution in [1.29, 1.82) is 0 Å². The second-order valence-electron chi connectivity index (χ2n) is 2.58. The highest BCUT2D eigenvalue weighted by molar-refractivity contribution is 7.92. The molecule has 1 N–H and O–H groups in total. The number of hydrogen-bond acceptors (Lipinski definition) is 4. The van der Waals surface area contributed by atoms with Gasteiger partial charge in [-0.1, -0.05) is 5.92 Å². The van der Waals surface area contributed by atoms with Crippen LogP contribution in [-0.4, -0.2) is 46.1 Å². The van der Waals surface area contributed by atoms with Gasteiger partial charge in [0.1, 0.15) is 11.5 Å². The van der Waals surface area contributed by atoms with E-state index < -0.39 is 27.3 Å². The molecule has 0 unspecified atom stereocenters. The SMILES string of the molecule is C#CCS(=O)(=O)CC(=O)NCCOC. The van der Waals surface area contributed by atoms with Gasteiger partial charge >= 0.3 is 0 Å². The topological polar surface area (TPSA) is 72.5 Å². The van der Waals surface area contributed by atoms with Crippen LogP contribution in [0.5, 0.6) is 0 Å². The number of terminal acetylenes is 1. The molecule has 0 spiro atoms. The Kier molecular flexibility index (Phi) is 5.92. The second-order valence-corrected chi connectivity index (χ2v) is 4.64. The molecular formula is C8H13NO4S. The van der Waals surface area contributed by atoms with E-state index in [0.717, 1.165) is 0 Å². The van der Waals surface area contributed by atoms with E-state index in [-0.39, 0.29) is 0 Å². The van der Waals surface area contributed by atoms with Gasteiger partial charge in [-0.25, -0.2) is 8.42 Å². The Morgan fingerprint density at radius 3 is 2.71 bits per heavy atom. The van der Waals surface area contributed by atoms with Crippen LogP contribution < -0.4 is 5.32 Å². The molecule has 0 saturated carbocycles. The highest BCUT2D eigenvalue weighted by atomic mass is 32.2. The number of sulfone groups is 1. The summed E-state index contributed by atoms with van der Waals surface area (Å²) < 4.78 is 26.8. The van der Waals surface area contributed by atoms with Gasteiger partial charge in [-0.15, -0.1) is 6.42 Å². The second kappa shape index (κ2) is 6.40. The fraction of sp³-hybridized carbons (Fsp3) is 0.625. The zero-order valence-corrected chi connectivity index (χ0v) is 8.76. The Morgan fingerprint density at radius 2 is 2.21 bits per heavy atom. The quantitative estimate of drug-likeness (QED) is 0.450. The Morgan fingerprint density at radius 1 is 1.57 bits per heavy atom. The zero-order valence-electron chi connectivity index (χ0n) is 7.95. The van der Waals surface area contributed by atoms with E-state index in [4.69, 9.17) is 6.42 Å². The maximum Gasteiger partial charge on any atom is 0.235 e. The molecule has 0 atom stereocenters. The fourth-order valence-corrected chi connectivity index (χ4v) is 1.58. The van der Waals surface area contributed by atoms with Crippen LogP contribution in [0.4, 0.5) is 0 Å². The van der Waals surface area contributed by atoms with Crippen molar-refractivity contribution < 1.29 is 17.9 Å². The van der Waals surface area contributed by atoms with Crippen LogP contribution in [0.25, 0.3) is 0 Å². The van der Waals surface area contributed by atoms with Gasteiger partial charge in [-0.05, 0) is 0 Å². The molecule has 0 fully saturated rings. The molecule has 1 amide bonds. The normalized spacial score (nSPS) is 10.6. The minimum atomic E-state index is -3.46. The fourth-order valence-electron chi connectivity index (χ4n) is 0.721. The van der Waals surface area contributed by atoms with Gasteiger partial charge < -0.3 is 10.1 Å². The number of amides is 1. The summed E-state index contributed by atoms with van der Waals surface area (Å²) in [6.07, 6.45) is 4.83. The maximum absolute atomic E-state index is 11.0. The lowest BCUT2D eigenvalue weighted by atomic mass is 10.6. The average molecular weight is 219 g/mol. The van der Waals surface area contributed by atoms with Crippen LogP contribution in [0.1, 0.15) is 0 Å². The summed E-state index contributed by atoms with van der Waals surface area (Å²) in [6.45, 7) is 0.641. The molecule has 14 heavy (non-hydrogen) atoms. The molecule has 0 aliphatic carbocycles. The number of carbonyl (C=O) groups is 1. The largest absolute Gasteiger partial charge is 0.383 e. The number of rotatable bonds is 6. The van der Waals surface area contributed by atoms with Crippen LogP contribution >= 0.6 is 0 Å². The van der Waals surface area contributed by atoms with Crippen LogP contribution in [0.3, 0.4) is 0 Å². The lowest BCUT2D eigenvalue weighted by molar-refractivity contribution is -0.118. The molecule has 0 aliphatic rings. The monoisotopic (exact) mass is 219 g/mol. The number of methoxy groups -OCH3 is 1. The molecule has 0 saturated heterocycles. The molecule has 6 heteroatoms. The van der Waals surface area contributed by atoms with Crippen molar-refractivity contribution in [1.82, 2.24) is 5.32 Å². The Labute approximate surface area is 83.7 Å². The Bertz CT molecular complexity index is 315. The van der Waals surface area contributed by atoms with E-state index in [9.17, 15) is 13.2 Å². The summed E-state index contributed by atoms with van der Waals surface area (Å²) in [4.78, 5) is 11.0. The van der Waals surface area contributed by atoms with Crippen molar-refractivity contribution in [2.75, 3.05) is 31.8 Å². The molecule has 0 aliphatic heterocycles. The summed E-state index contributed by atoms with van der Waals surface area (Å²) >= 11 is 0. The van der Waals surface area contributed by atoms with E-state index in [0.29, 0.717) is 13.2 Å². The first-order chi connectivity index (χ1) is 6.52. The third-order valence-electron chi connectivity index (χ3n) is 1.28. The van der Waals surface area contributed by atoms with E-state index in [1.165, 1.54) is 7.11 Å². The number of ether oxygens (including phenoxy) is 1. The van der Waals surface area contributed by atoms with Gasteiger partial charge in [0.05, 0.1) is 6.61 Å². The van der Waals surface area contributed by atoms with Crippen LogP contribution in [0, 0.1) is 12.3 Å². The molecular weight excluding hydrogens is 206 g/mol. The van der Waals surface area contributed by atoms with E-state index in [1.54, 1.807) is 0 Å². The average Bonchev–Trinajstić information content (AvgIpc) is 2.03. The molecule has 0 heterocycles. The zero-order chi connectivity index (χ0) is 11.0. The molecule has 0 aromatic heterocycles. The van der Waals surface area contributed by atoms with Crippen LogP contribution in [-0.2, 0) is 19.4 Å². The van der Waals surface area contributed by atoms with Crippen molar-refractivity contribution >= 4 is 15.7 Å². The first-order valence-electron chi connectivity index (χ1n) is 3.91. The molecule has 0 aromatic rings. The highest BCUT2D eigenvalue weighted by Gasteiger charge is 2.14. The van der Waals surface area contributed by atoms with E-state index >= 15 is 0 Å². The smallest absolute Gasteiger partial charge is 0.235 e. The van der Waals surface area contributed by atoms with Crippen LogP contribution in [0.15, 0.2) is 0 Å². The maximum atomic E-state index is 11.0. The van der Waals surface area contributed by atoms with Gasteiger partial charge in [0.15, 0.2) is 9.84 Å². The summed E-state index contributed by atoms with van der Waals surface area (Å²) in [5.41, 5.74) is 0. The number of carbonyl (C=O) groups excluding carboxylic acids is 1. The standard InChI is InChI=1S/C8H13NO4S/c1-3-6-14(11,12)7-8(10)9-4-5-13-2/h1H,4-7H2,2H3,(H,9,10). The van der Waals surface area contributed by atoms with Crippen molar-refractivity contribution in [2.24, 2.45) is 0 Å². The molecule has 5 nitrogen and oxygen atoms in total. The van der Waals surface area contributed by atoms with Gasteiger partial charge in [-0.3, -0.25) is 4.79 Å². The third-order valence-corrected chi connectivity index (χ3v) is 2.59. The van der Waals surface area contributed by atoms with Crippen LogP contribution in [0.2, 0.25) is 0 Å². The van der Waals surface area contributed by atoms with Gasteiger partial charge in [0, 0.05) is 13.7 Å². The lowest BCUT2D eigenvalue weighted by Crippen LogP contribution is -2.33. The Balaban J connectivity index is 3.89.